The number of para-hydroxylation sites is 1. The third-order valence-electron chi connectivity index (χ3n) is 5.11. The summed E-state index contributed by atoms with van der Waals surface area (Å²) in [6, 6.07) is 13.3. The third-order valence-corrected chi connectivity index (χ3v) is 7.02. The zero-order chi connectivity index (χ0) is 22.0. The van der Waals surface area contributed by atoms with Gasteiger partial charge in [0.15, 0.2) is 5.82 Å². The summed E-state index contributed by atoms with van der Waals surface area (Å²) in [5, 5.41) is 0.662. The minimum atomic E-state index is -3.67. The van der Waals surface area contributed by atoms with Gasteiger partial charge in [0, 0.05) is 31.6 Å². The first-order chi connectivity index (χ1) is 14.9. The molecule has 0 aliphatic carbocycles. The molecule has 7 nitrogen and oxygen atoms in total. The molecule has 0 saturated carbocycles. The van der Waals surface area contributed by atoms with E-state index in [4.69, 9.17) is 4.74 Å². The van der Waals surface area contributed by atoms with Crippen molar-refractivity contribution in [2.75, 3.05) is 37.7 Å². The summed E-state index contributed by atoms with van der Waals surface area (Å²) in [5.74, 6) is 0.480. The molecule has 0 N–H and O–H groups in total. The minimum absolute atomic E-state index is 0.192. The maximum Gasteiger partial charge on any atom is 0.297 e. The summed E-state index contributed by atoms with van der Waals surface area (Å²) in [6.07, 6.45) is -2.79. The fraction of sp³-hybridized carbons (Fsp3) is 0.333. The van der Waals surface area contributed by atoms with Crippen molar-refractivity contribution >= 4 is 26.7 Å². The zero-order valence-electron chi connectivity index (χ0n) is 16.9. The summed E-state index contributed by atoms with van der Waals surface area (Å²) in [7, 11) is -3.67. The lowest BCUT2D eigenvalue weighted by atomic mass is 10.2. The molecule has 0 amide bonds. The summed E-state index contributed by atoms with van der Waals surface area (Å²) in [6.45, 7) is 3.46. The fourth-order valence-electron chi connectivity index (χ4n) is 3.58. The zero-order valence-corrected chi connectivity index (χ0v) is 17.7. The van der Waals surface area contributed by atoms with Crippen LogP contribution in [0.4, 0.5) is 14.6 Å². The van der Waals surface area contributed by atoms with Crippen molar-refractivity contribution in [3.63, 3.8) is 0 Å². The smallest absolute Gasteiger partial charge is 0.297 e. The average Bonchev–Trinajstić information content (AvgIpc) is 2.79. The van der Waals surface area contributed by atoms with Gasteiger partial charge in [-0.2, -0.15) is 4.31 Å². The van der Waals surface area contributed by atoms with E-state index in [1.54, 1.807) is 36.4 Å². The Morgan fingerprint density at radius 2 is 1.68 bits per heavy atom. The molecule has 1 saturated heterocycles. The van der Waals surface area contributed by atoms with E-state index in [1.807, 2.05) is 11.8 Å². The first-order valence-electron chi connectivity index (χ1n) is 9.93. The number of hydrogen-bond donors (Lipinski definition) is 0. The molecular weight excluding hydrogens is 426 g/mol. The molecule has 164 valence electrons. The Balaban J connectivity index is 1.55. The van der Waals surface area contributed by atoms with E-state index in [-0.39, 0.29) is 18.0 Å². The number of sulfonamides is 1. The third kappa shape index (κ3) is 4.31. The summed E-state index contributed by atoms with van der Waals surface area (Å²) >= 11 is 0. The van der Waals surface area contributed by atoms with Gasteiger partial charge in [0.1, 0.15) is 11.6 Å². The van der Waals surface area contributed by atoms with Crippen molar-refractivity contribution < 1.29 is 21.9 Å². The molecule has 0 atom stereocenters. The van der Waals surface area contributed by atoms with Gasteiger partial charge in [-0.15, -0.1) is 0 Å². The van der Waals surface area contributed by atoms with Crippen LogP contribution in [0.15, 0.2) is 53.4 Å². The van der Waals surface area contributed by atoms with E-state index in [0.717, 1.165) is 0 Å². The predicted octanol–water partition coefficient (Wildman–Crippen LogP) is 3.48. The van der Waals surface area contributed by atoms with Crippen LogP contribution in [0.2, 0.25) is 0 Å². The number of nitrogens with zero attached hydrogens (tertiary/aromatic N) is 4. The summed E-state index contributed by atoms with van der Waals surface area (Å²) in [4.78, 5) is 10.0. The average molecular weight is 448 g/mol. The monoisotopic (exact) mass is 448 g/mol. The number of fused-ring (bicyclic) bond motifs is 1. The highest BCUT2D eigenvalue weighted by atomic mass is 32.2. The highest BCUT2D eigenvalue weighted by molar-refractivity contribution is 7.89. The summed E-state index contributed by atoms with van der Waals surface area (Å²) in [5.41, 5.74) is 0.437. The Hall–Kier alpha value is -2.85. The molecule has 0 spiro atoms. The van der Waals surface area contributed by atoms with Gasteiger partial charge in [-0.1, -0.05) is 12.1 Å². The van der Waals surface area contributed by atoms with Gasteiger partial charge in [-0.05, 0) is 43.3 Å². The molecule has 10 heteroatoms. The van der Waals surface area contributed by atoms with Gasteiger partial charge in [0.2, 0.25) is 10.0 Å². The molecule has 2 heterocycles. The van der Waals surface area contributed by atoms with Gasteiger partial charge < -0.3 is 9.64 Å². The van der Waals surface area contributed by atoms with E-state index in [0.29, 0.717) is 42.2 Å². The molecule has 1 aliphatic rings. The molecule has 0 unspecified atom stereocenters. The quantitative estimate of drug-likeness (QED) is 0.575. The SMILES string of the molecule is CCOc1ccc(S(=O)(=O)N2CCN(c3nc(C(F)F)nc4ccccc34)CC2)cc1. The van der Waals surface area contributed by atoms with E-state index >= 15 is 0 Å². The maximum absolute atomic E-state index is 13.3. The molecule has 4 rings (SSSR count). The van der Waals surface area contributed by atoms with Crippen LogP contribution >= 0.6 is 0 Å². The lowest BCUT2D eigenvalue weighted by molar-refractivity contribution is 0.141. The molecule has 1 fully saturated rings. The van der Waals surface area contributed by atoms with E-state index < -0.39 is 22.3 Å². The van der Waals surface area contributed by atoms with Gasteiger partial charge in [-0.25, -0.2) is 27.2 Å². The Kier molecular flexibility index (Phi) is 6.01. The Labute approximate surface area is 179 Å². The number of anilines is 1. The van der Waals surface area contributed by atoms with Crippen LogP contribution in [-0.4, -0.2) is 55.5 Å². The number of alkyl halides is 2. The lowest BCUT2D eigenvalue weighted by Crippen LogP contribution is -2.49. The second-order valence-electron chi connectivity index (χ2n) is 7.02. The van der Waals surface area contributed by atoms with Crippen LogP contribution < -0.4 is 9.64 Å². The maximum atomic E-state index is 13.3. The number of hydrogen-bond acceptors (Lipinski definition) is 6. The minimum Gasteiger partial charge on any atom is -0.494 e. The van der Waals surface area contributed by atoms with Gasteiger partial charge in [-0.3, -0.25) is 0 Å². The normalized spacial score (nSPS) is 15.5. The Morgan fingerprint density at radius 3 is 2.32 bits per heavy atom. The molecule has 3 aromatic rings. The van der Waals surface area contributed by atoms with E-state index in [1.165, 1.54) is 16.4 Å². The van der Waals surface area contributed by atoms with Crippen molar-refractivity contribution in [2.24, 2.45) is 0 Å². The number of rotatable bonds is 6. The fourth-order valence-corrected chi connectivity index (χ4v) is 5.00. The highest BCUT2D eigenvalue weighted by Gasteiger charge is 2.30. The highest BCUT2D eigenvalue weighted by Crippen LogP contribution is 2.29. The van der Waals surface area contributed by atoms with Crippen molar-refractivity contribution in [3.8, 4) is 5.75 Å². The molecule has 31 heavy (non-hydrogen) atoms. The number of aromatic nitrogens is 2. The molecule has 2 aromatic carbocycles. The second-order valence-corrected chi connectivity index (χ2v) is 8.96. The van der Waals surface area contributed by atoms with Gasteiger partial charge in [0.05, 0.1) is 17.0 Å². The molecule has 1 aromatic heterocycles. The van der Waals surface area contributed by atoms with Crippen molar-refractivity contribution in [3.05, 3.63) is 54.4 Å². The second kappa shape index (κ2) is 8.72. The van der Waals surface area contributed by atoms with E-state index in [2.05, 4.69) is 9.97 Å². The largest absolute Gasteiger partial charge is 0.494 e. The van der Waals surface area contributed by atoms with E-state index in [9.17, 15) is 17.2 Å². The molecule has 0 bridgehead atoms. The van der Waals surface area contributed by atoms with Crippen LogP contribution in [0.3, 0.4) is 0 Å². The first kappa shape index (κ1) is 21.4. The topological polar surface area (TPSA) is 75.6 Å². The standard InChI is InChI=1S/C21H22F2N4O3S/c1-2-30-15-7-9-16(10-8-15)31(28,29)27-13-11-26(12-14-27)21-17-5-3-4-6-18(17)24-20(25-21)19(22)23/h3-10,19H,2,11-14H2,1H3. The number of benzene rings is 2. The lowest BCUT2D eigenvalue weighted by Gasteiger charge is -2.35. The van der Waals surface area contributed by atoms with Gasteiger partial charge in [0.25, 0.3) is 6.43 Å². The van der Waals surface area contributed by atoms with Crippen LogP contribution in [-0.2, 0) is 10.0 Å². The van der Waals surface area contributed by atoms with Crippen LogP contribution in [0, 0.1) is 0 Å². The van der Waals surface area contributed by atoms with Crippen LogP contribution in [0.25, 0.3) is 10.9 Å². The molecule has 0 radical (unpaired) electrons. The van der Waals surface area contributed by atoms with Crippen molar-refractivity contribution in [2.45, 2.75) is 18.2 Å². The molecular formula is C21H22F2N4O3S. The predicted molar refractivity (Wildman–Crippen MR) is 113 cm³/mol. The Bertz CT molecular complexity index is 1160. The number of piperazine rings is 1. The van der Waals surface area contributed by atoms with Crippen molar-refractivity contribution in [1.29, 1.82) is 0 Å². The number of ether oxygens (including phenoxy) is 1. The Morgan fingerprint density at radius 1 is 1.00 bits per heavy atom. The van der Waals surface area contributed by atoms with Crippen LogP contribution in [0.1, 0.15) is 19.2 Å². The van der Waals surface area contributed by atoms with Crippen molar-refractivity contribution in [1.82, 2.24) is 14.3 Å². The van der Waals surface area contributed by atoms with Crippen LogP contribution in [0.5, 0.6) is 5.75 Å². The first-order valence-corrected chi connectivity index (χ1v) is 11.4. The molecule has 1 aliphatic heterocycles. The van der Waals surface area contributed by atoms with Gasteiger partial charge >= 0.3 is 0 Å². The number of halogens is 2. The summed E-state index contributed by atoms with van der Waals surface area (Å²) < 4.78 is 59.3.